The lowest BCUT2D eigenvalue weighted by molar-refractivity contribution is -0.120. The molecule has 0 bridgehead atoms. The predicted molar refractivity (Wildman–Crippen MR) is 59.7 cm³/mol. The average Bonchev–Trinajstić information content (AvgIpc) is 2.25. The van der Waals surface area contributed by atoms with Crippen LogP contribution in [0.4, 0.5) is 0 Å². The van der Waals surface area contributed by atoms with Gasteiger partial charge in [0, 0.05) is 30.5 Å². The van der Waals surface area contributed by atoms with Crippen LogP contribution in [0.2, 0.25) is 0 Å². The Hall–Kier alpha value is -0.900. The summed E-state index contributed by atoms with van der Waals surface area (Å²) in [5.41, 5.74) is 0. The van der Waals surface area contributed by atoms with Gasteiger partial charge in [0.1, 0.15) is 5.78 Å². The number of thioether (sulfide) groups is 1. The molecule has 1 aliphatic carbocycles. The molecule has 1 aromatic heterocycles. The third kappa shape index (κ3) is 2.78. The molecule has 1 heterocycles. The second kappa shape index (κ2) is 4.75. The van der Waals surface area contributed by atoms with E-state index in [1.807, 2.05) is 0 Å². The first-order valence-electron chi connectivity index (χ1n) is 5.21. The van der Waals surface area contributed by atoms with Crippen LogP contribution in [0.15, 0.2) is 23.6 Å². The van der Waals surface area contributed by atoms with Gasteiger partial charge in [-0.2, -0.15) is 0 Å². The molecule has 4 heteroatoms. The molecule has 80 valence electrons. The van der Waals surface area contributed by atoms with Crippen LogP contribution >= 0.6 is 11.8 Å². The van der Waals surface area contributed by atoms with Gasteiger partial charge in [0.15, 0.2) is 5.16 Å². The highest BCUT2D eigenvalue weighted by atomic mass is 32.2. The van der Waals surface area contributed by atoms with Crippen LogP contribution in [-0.2, 0) is 4.79 Å². The summed E-state index contributed by atoms with van der Waals surface area (Å²) in [5.74, 6) is 0.957. The number of ketones is 1. The summed E-state index contributed by atoms with van der Waals surface area (Å²) < 4.78 is 0. The third-order valence-electron chi connectivity index (χ3n) is 2.74. The molecule has 1 fully saturated rings. The van der Waals surface area contributed by atoms with Gasteiger partial charge in [-0.3, -0.25) is 4.79 Å². The van der Waals surface area contributed by atoms with E-state index in [-0.39, 0.29) is 0 Å². The number of hydrogen-bond acceptors (Lipinski definition) is 4. The Kier molecular flexibility index (Phi) is 3.36. The Balaban J connectivity index is 2.01. The molecule has 2 rings (SSSR count). The van der Waals surface area contributed by atoms with E-state index in [1.54, 1.807) is 30.2 Å². The predicted octanol–water partition coefficient (Wildman–Crippen LogP) is 2.33. The van der Waals surface area contributed by atoms with Crippen LogP contribution in [0, 0.1) is 5.92 Å². The summed E-state index contributed by atoms with van der Waals surface area (Å²) in [6, 6.07) is 1.81. The highest BCUT2D eigenvalue weighted by Crippen LogP contribution is 2.34. The molecule has 1 saturated carbocycles. The van der Waals surface area contributed by atoms with Gasteiger partial charge >= 0.3 is 0 Å². The highest BCUT2D eigenvalue weighted by Gasteiger charge is 2.27. The van der Waals surface area contributed by atoms with Crippen LogP contribution in [0.25, 0.3) is 0 Å². The molecular weight excluding hydrogens is 208 g/mol. The maximum absolute atomic E-state index is 11.4. The number of nitrogens with zero attached hydrogens (tertiary/aromatic N) is 2. The van der Waals surface area contributed by atoms with Crippen LogP contribution in [0.5, 0.6) is 0 Å². The summed E-state index contributed by atoms with van der Waals surface area (Å²) in [6.07, 6.45) is 5.90. The summed E-state index contributed by atoms with van der Waals surface area (Å²) in [4.78, 5) is 19.7. The van der Waals surface area contributed by atoms with Crippen molar-refractivity contribution in [3.8, 4) is 0 Å². The molecule has 0 N–H and O–H groups in total. The Morgan fingerprint density at radius 1 is 1.40 bits per heavy atom. The normalized spacial score (nSPS) is 26.6. The summed E-state index contributed by atoms with van der Waals surface area (Å²) in [5, 5.41) is 1.14. The monoisotopic (exact) mass is 222 g/mol. The topological polar surface area (TPSA) is 42.9 Å². The van der Waals surface area contributed by atoms with Gasteiger partial charge in [0.05, 0.1) is 0 Å². The Morgan fingerprint density at radius 3 is 2.87 bits per heavy atom. The number of rotatable bonds is 2. The smallest absolute Gasteiger partial charge is 0.187 e. The fraction of sp³-hybridized carbons (Fsp3) is 0.545. The number of Topliss-reactive ketones (excluding diaryl/α,β-unsaturated/α-hetero) is 1. The lowest BCUT2D eigenvalue weighted by atomic mass is 9.89. The first-order chi connectivity index (χ1) is 7.25. The van der Waals surface area contributed by atoms with Gasteiger partial charge in [-0.1, -0.05) is 18.7 Å². The van der Waals surface area contributed by atoms with Gasteiger partial charge in [-0.25, -0.2) is 9.97 Å². The first-order valence-corrected chi connectivity index (χ1v) is 6.09. The van der Waals surface area contributed by atoms with Gasteiger partial charge < -0.3 is 0 Å². The second-order valence-corrected chi connectivity index (χ2v) is 5.15. The number of carbonyl (C=O) groups is 1. The van der Waals surface area contributed by atoms with Crippen molar-refractivity contribution in [3.63, 3.8) is 0 Å². The molecule has 1 aromatic rings. The van der Waals surface area contributed by atoms with Crippen LogP contribution in [0.1, 0.15) is 26.2 Å². The Bertz CT molecular complexity index is 342. The molecule has 2 unspecified atom stereocenters. The highest BCUT2D eigenvalue weighted by molar-refractivity contribution is 7.99. The van der Waals surface area contributed by atoms with Gasteiger partial charge in [0.25, 0.3) is 0 Å². The zero-order chi connectivity index (χ0) is 10.7. The molecule has 0 aromatic carbocycles. The van der Waals surface area contributed by atoms with Gasteiger partial charge in [-0.15, -0.1) is 0 Å². The number of aromatic nitrogens is 2. The fourth-order valence-electron chi connectivity index (χ4n) is 1.74. The molecule has 2 atom stereocenters. The van der Waals surface area contributed by atoms with Crippen molar-refractivity contribution >= 4 is 17.5 Å². The van der Waals surface area contributed by atoms with Gasteiger partial charge in [-0.05, 0) is 18.4 Å². The van der Waals surface area contributed by atoms with E-state index in [0.29, 0.717) is 23.4 Å². The van der Waals surface area contributed by atoms with E-state index < -0.39 is 0 Å². The van der Waals surface area contributed by atoms with E-state index in [1.165, 1.54) is 0 Å². The van der Waals surface area contributed by atoms with Crippen molar-refractivity contribution in [2.24, 2.45) is 5.92 Å². The van der Waals surface area contributed by atoms with E-state index in [4.69, 9.17) is 0 Å². The molecule has 0 spiro atoms. The van der Waals surface area contributed by atoms with E-state index >= 15 is 0 Å². The molecule has 1 aliphatic rings. The zero-order valence-electron chi connectivity index (χ0n) is 8.72. The lowest BCUT2D eigenvalue weighted by Gasteiger charge is -2.26. The van der Waals surface area contributed by atoms with Crippen LogP contribution < -0.4 is 0 Å². The summed E-state index contributed by atoms with van der Waals surface area (Å²) >= 11 is 1.63. The molecular formula is C11H14N2OS. The Labute approximate surface area is 93.7 Å². The van der Waals surface area contributed by atoms with Crippen LogP contribution in [-0.4, -0.2) is 21.0 Å². The minimum atomic E-state index is 0.355. The van der Waals surface area contributed by atoms with E-state index in [9.17, 15) is 4.79 Å². The fourth-order valence-corrected chi connectivity index (χ4v) is 2.89. The Morgan fingerprint density at radius 2 is 2.13 bits per heavy atom. The third-order valence-corrected chi connectivity index (χ3v) is 4.10. The van der Waals surface area contributed by atoms with Crippen molar-refractivity contribution in [1.29, 1.82) is 0 Å². The maximum atomic E-state index is 11.4. The van der Waals surface area contributed by atoms with Crippen LogP contribution in [0.3, 0.4) is 0 Å². The van der Waals surface area contributed by atoms with Crippen molar-refractivity contribution in [1.82, 2.24) is 9.97 Å². The van der Waals surface area contributed by atoms with Crippen molar-refractivity contribution < 1.29 is 4.79 Å². The standard InChI is InChI=1S/C11H14N2OS/c1-8-3-4-9(14)7-10(8)15-11-12-5-2-6-13-11/h2,5-6,8,10H,3-4,7H2,1H3. The molecule has 0 saturated heterocycles. The van der Waals surface area contributed by atoms with Crippen molar-refractivity contribution in [2.45, 2.75) is 36.6 Å². The minimum Gasteiger partial charge on any atom is -0.300 e. The maximum Gasteiger partial charge on any atom is 0.187 e. The number of carbonyl (C=O) groups excluding carboxylic acids is 1. The molecule has 15 heavy (non-hydrogen) atoms. The van der Waals surface area contributed by atoms with Crippen molar-refractivity contribution in [2.75, 3.05) is 0 Å². The van der Waals surface area contributed by atoms with Gasteiger partial charge in [0.2, 0.25) is 0 Å². The SMILES string of the molecule is CC1CCC(=O)CC1Sc1ncccn1. The second-order valence-electron chi connectivity index (χ2n) is 3.95. The van der Waals surface area contributed by atoms with Crippen molar-refractivity contribution in [3.05, 3.63) is 18.5 Å². The lowest BCUT2D eigenvalue weighted by Crippen LogP contribution is -2.25. The first kappa shape index (κ1) is 10.6. The molecule has 0 amide bonds. The zero-order valence-corrected chi connectivity index (χ0v) is 9.54. The number of hydrogen-bond donors (Lipinski definition) is 0. The largest absolute Gasteiger partial charge is 0.300 e. The summed E-state index contributed by atoms with van der Waals surface area (Å²) in [6.45, 7) is 2.20. The molecule has 0 radical (unpaired) electrons. The van der Waals surface area contributed by atoms with E-state index in [0.717, 1.165) is 18.0 Å². The quantitative estimate of drug-likeness (QED) is 0.720. The van der Waals surface area contributed by atoms with E-state index in [2.05, 4.69) is 16.9 Å². The molecule has 0 aliphatic heterocycles. The average molecular weight is 222 g/mol. The minimum absolute atomic E-state index is 0.355. The molecule has 3 nitrogen and oxygen atoms in total. The summed E-state index contributed by atoms with van der Waals surface area (Å²) in [7, 11) is 0.